The lowest BCUT2D eigenvalue weighted by molar-refractivity contribution is -0.0919. The predicted molar refractivity (Wildman–Crippen MR) is 54.0 cm³/mol. The first-order valence-corrected chi connectivity index (χ1v) is 4.98. The largest absolute Gasteiger partial charge is 0.454 e. The lowest BCUT2D eigenvalue weighted by atomic mass is 9.86. The van der Waals surface area contributed by atoms with Crippen molar-refractivity contribution in [3.8, 4) is 11.5 Å². The number of aliphatic hydroxyl groups is 1. The Hall–Kier alpha value is -1.26. The standard InChI is InChI=1S/C11H13NO3/c1-12-5-11(13,6-12)8-2-3-9-10(4-8)15-7-14-9/h2-4,13H,5-7H2,1H3. The van der Waals surface area contributed by atoms with E-state index in [0.717, 1.165) is 17.1 Å². The summed E-state index contributed by atoms with van der Waals surface area (Å²) >= 11 is 0. The first kappa shape index (κ1) is 9.00. The summed E-state index contributed by atoms with van der Waals surface area (Å²) in [5.74, 6) is 1.49. The fourth-order valence-electron chi connectivity index (χ4n) is 2.22. The molecule has 0 bridgehead atoms. The van der Waals surface area contributed by atoms with E-state index >= 15 is 0 Å². The molecule has 1 fully saturated rings. The highest BCUT2D eigenvalue weighted by Crippen LogP contribution is 2.38. The summed E-state index contributed by atoms with van der Waals surface area (Å²) in [7, 11) is 1.99. The van der Waals surface area contributed by atoms with Gasteiger partial charge in [-0.3, -0.25) is 4.90 Å². The van der Waals surface area contributed by atoms with E-state index in [0.29, 0.717) is 13.1 Å². The molecule has 0 amide bonds. The summed E-state index contributed by atoms with van der Waals surface area (Å²) in [6.07, 6.45) is 0. The fourth-order valence-corrected chi connectivity index (χ4v) is 2.22. The molecule has 2 aliphatic heterocycles. The van der Waals surface area contributed by atoms with Crippen LogP contribution >= 0.6 is 0 Å². The minimum Gasteiger partial charge on any atom is -0.454 e. The van der Waals surface area contributed by atoms with Crippen molar-refractivity contribution < 1.29 is 14.6 Å². The number of likely N-dealkylation sites (N-methyl/N-ethyl adjacent to an activating group) is 1. The zero-order chi connectivity index (χ0) is 10.5. The number of β-amino-alcohol motifs (C(OH)–C–C–N with tert-alkyl or cyclic N) is 1. The van der Waals surface area contributed by atoms with Gasteiger partial charge < -0.3 is 14.6 Å². The van der Waals surface area contributed by atoms with Crippen LogP contribution in [0.1, 0.15) is 5.56 Å². The molecule has 2 aliphatic rings. The average Bonchev–Trinajstić information content (AvgIpc) is 2.61. The summed E-state index contributed by atoms with van der Waals surface area (Å²) in [4.78, 5) is 2.07. The van der Waals surface area contributed by atoms with Crippen molar-refractivity contribution in [2.45, 2.75) is 5.60 Å². The van der Waals surface area contributed by atoms with Gasteiger partial charge in [-0.2, -0.15) is 0 Å². The summed E-state index contributed by atoms with van der Waals surface area (Å²) in [6, 6.07) is 5.63. The highest BCUT2D eigenvalue weighted by Gasteiger charge is 2.41. The van der Waals surface area contributed by atoms with Crippen molar-refractivity contribution in [1.29, 1.82) is 0 Å². The Morgan fingerprint density at radius 2 is 2.00 bits per heavy atom. The van der Waals surface area contributed by atoms with Gasteiger partial charge in [0.15, 0.2) is 11.5 Å². The summed E-state index contributed by atoms with van der Waals surface area (Å²) in [5, 5.41) is 10.2. The lowest BCUT2D eigenvalue weighted by Crippen LogP contribution is -2.57. The highest BCUT2D eigenvalue weighted by atomic mass is 16.7. The van der Waals surface area contributed by atoms with E-state index in [-0.39, 0.29) is 6.79 Å². The Labute approximate surface area is 88.0 Å². The Bertz CT molecular complexity index is 399. The molecule has 0 radical (unpaired) electrons. The summed E-state index contributed by atoms with van der Waals surface area (Å²) in [5.41, 5.74) is 0.195. The molecule has 1 aromatic carbocycles. The van der Waals surface area contributed by atoms with Gasteiger partial charge in [0.25, 0.3) is 0 Å². The molecule has 0 saturated carbocycles. The lowest BCUT2D eigenvalue weighted by Gasteiger charge is -2.44. The number of nitrogens with zero attached hydrogens (tertiary/aromatic N) is 1. The predicted octanol–water partition coefficient (Wildman–Crippen LogP) is 0.548. The van der Waals surface area contributed by atoms with Crippen LogP contribution in [0.25, 0.3) is 0 Å². The molecule has 4 heteroatoms. The monoisotopic (exact) mass is 207 g/mol. The van der Waals surface area contributed by atoms with E-state index < -0.39 is 5.60 Å². The van der Waals surface area contributed by atoms with Crippen molar-refractivity contribution in [1.82, 2.24) is 4.90 Å². The topological polar surface area (TPSA) is 41.9 Å². The molecule has 0 aromatic heterocycles. The van der Waals surface area contributed by atoms with Gasteiger partial charge in [0.05, 0.1) is 0 Å². The number of hydrogen-bond donors (Lipinski definition) is 1. The van der Waals surface area contributed by atoms with Crippen LogP contribution in [0, 0.1) is 0 Å². The number of likely N-dealkylation sites (tertiary alicyclic amines) is 1. The number of rotatable bonds is 1. The summed E-state index contributed by atoms with van der Waals surface area (Å²) in [6.45, 7) is 1.62. The van der Waals surface area contributed by atoms with Crippen molar-refractivity contribution in [3.63, 3.8) is 0 Å². The molecule has 80 valence electrons. The van der Waals surface area contributed by atoms with Gasteiger partial charge in [0, 0.05) is 13.1 Å². The molecular formula is C11H13NO3. The van der Waals surface area contributed by atoms with Crippen LogP contribution in [0.2, 0.25) is 0 Å². The summed E-state index contributed by atoms with van der Waals surface area (Å²) < 4.78 is 10.5. The quantitative estimate of drug-likeness (QED) is 0.730. The van der Waals surface area contributed by atoms with E-state index in [2.05, 4.69) is 4.90 Å². The molecule has 1 aromatic rings. The molecule has 0 spiro atoms. The second-order valence-electron chi connectivity index (χ2n) is 4.27. The van der Waals surface area contributed by atoms with Gasteiger partial charge in [0.1, 0.15) is 5.60 Å². The second kappa shape index (κ2) is 2.87. The number of hydrogen-bond acceptors (Lipinski definition) is 4. The normalized spacial score (nSPS) is 22.5. The van der Waals surface area contributed by atoms with Gasteiger partial charge in [-0.15, -0.1) is 0 Å². The third-order valence-corrected chi connectivity index (χ3v) is 2.97. The number of fused-ring (bicyclic) bond motifs is 1. The van der Waals surface area contributed by atoms with Gasteiger partial charge in [-0.05, 0) is 24.7 Å². The minimum absolute atomic E-state index is 0.275. The van der Waals surface area contributed by atoms with Crippen LogP contribution in [0.3, 0.4) is 0 Å². The van der Waals surface area contributed by atoms with Crippen molar-refractivity contribution in [3.05, 3.63) is 23.8 Å². The first-order chi connectivity index (χ1) is 7.17. The Kier molecular flexibility index (Phi) is 1.72. The maximum atomic E-state index is 10.2. The van der Waals surface area contributed by atoms with E-state index in [4.69, 9.17) is 9.47 Å². The number of ether oxygens (including phenoxy) is 2. The molecule has 1 saturated heterocycles. The third-order valence-electron chi connectivity index (χ3n) is 2.97. The van der Waals surface area contributed by atoms with Gasteiger partial charge in [-0.25, -0.2) is 0 Å². The third kappa shape index (κ3) is 1.29. The van der Waals surface area contributed by atoms with E-state index in [1.54, 1.807) is 0 Å². The van der Waals surface area contributed by atoms with Crippen LogP contribution in [0.15, 0.2) is 18.2 Å². The maximum Gasteiger partial charge on any atom is 0.231 e. The Morgan fingerprint density at radius 3 is 2.73 bits per heavy atom. The minimum atomic E-state index is -0.713. The van der Waals surface area contributed by atoms with Crippen molar-refractivity contribution >= 4 is 0 Å². The molecular weight excluding hydrogens is 194 g/mol. The molecule has 0 atom stereocenters. The molecule has 3 rings (SSSR count). The highest BCUT2D eigenvalue weighted by molar-refractivity contribution is 5.46. The van der Waals surface area contributed by atoms with Crippen LogP contribution in [0.4, 0.5) is 0 Å². The van der Waals surface area contributed by atoms with Gasteiger partial charge in [-0.1, -0.05) is 6.07 Å². The van der Waals surface area contributed by atoms with Crippen molar-refractivity contribution in [2.75, 3.05) is 26.9 Å². The average molecular weight is 207 g/mol. The Balaban J connectivity index is 1.93. The molecule has 2 heterocycles. The van der Waals surface area contributed by atoms with E-state index in [1.165, 1.54) is 0 Å². The van der Waals surface area contributed by atoms with Gasteiger partial charge >= 0.3 is 0 Å². The van der Waals surface area contributed by atoms with Crippen molar-refractivity contribution in [2.24, 2.45) is 0 Å². The smallest absolute Gasteiger partial charge is 0.231 e. The van der Waals surface area contributed by atoms with E-state index in [9.17, 15) is 5.11 Å². The molecule has 0 unspecified atom stereocenters. The van der Waals surface area contributed by atoms with Crippen LogP contribution < -0.4 is 9.47 Å². The number of benzene rings is 1. The zero-order valence-electron chi connectivity index (χ0n) is 8.56. The Morgan fingerprint density at radius 1 is 1.27 bits per heavy atom. The maximum absolute atomic E-state index is 10.2. The van der Waals surface area contributed by atoms with Crippen LogP contribution in [0.5, 0.6) is 11.5 Å². The van der Waals surface area contributed by atoms with Gasteiger partial charge in [0.2, 0.25) is 6.79 Å². The first-order valence-electron chi connectivity index (χ1n) is 4.98. The van der Waals surface area contributed by atoms with E-state index in [1.807, 2.05) is 25.2 Å². The fraction of sp³-hybridized carbons (Fsp3) is 0.455. The zero-order valence-corrected chi connectivity index (χ0v) is 8.56. The van der Waals surface area contributed by atoms with Crippen LogP contribution in [-0.4, -0.2) is 36.9 Å². The molecule has 15 heavy (non-hydrogen) atoms. The molecule has 0 aliphatic carbocycles. The SMILES string of the molecule is CN1CC(O)(c2ccc3c(c2)OCO3)C1. The second-order valence-corrected chi connectivity index (χ2v) is 4.27. The molecule has 1 N–H and O–H groups in total. The van der Waals surface area contributed by atoms with Crippen LogP contribution in [-0.2, 0) is 5.60 Å². The molecule has 4 nitrogen and oxygen atoms in total.